The lowest BCUT2D eigenvalue weighted by molar-refractivity contribution is 0.0928. The van der Waals surface area contributed by atoms with Gasteiger partial charge in [0.2, 0.25) is 5.95 Å². The minimum absolute atomic E-state index is 0.0577. The molecule has 1 amide bonds. The maximum atomic E-state index is 12.7. The fourth-order valence-corrected chi connectivity index (χ4v) is 3.47. The highest BCUT2D eigenvalue weighted by Gasteiger charge is 2.18. The van der Waals surface area contributed by atoms with E-state index in [2.05, 4.69) is 20.6 Å². The Hall–Kier alpha value is -2.63. The summed E-state index contributed by atoms with van der Waals surface area (Å²) < 4.78 is 5.84. The van der Waals surface area contributed by atoms with Gasteiger partial charge in [-0.25, -0.2) is 9.97 Å². The van der Waals surface area contributed by atoms with Crippen molar-refractivity contribution in [2.45, 2.75) is 71.4 Å². The van der Waals surface area contributed by atoms with Crippen LogP contribution in [0.25, 0.3) is 0 Å². The predicted octanol–water partition coefficient (Wildman–Crippen LogP) is 4.77. The standard InChI is InChI=1S/C22H30N4O2/c1-15(2)28-20-13-9-8-12-18(20)25-22-23-16(3)14-19(26-22)21(27)24-17-10-6-4-5-7-11-17/h8-9,12-15,17H,4-7,10-11H2,1-3H3,(H,24,27)(H,23,25,26). The summed E-state index contributed by atoms with van der Waals surface area (Å²) in [5.74, 6) is 0.991. The van der Waals surface area contributed by atoms with Crippen LogP contribution in [0.5, 0.6) is 5.75 Å². The smallest absolute Gasteiger partial charge is 0.270 e. The summed E-state index contributed by atoms with van der Waals surface area (Å²) in [6, 6.07) is 9.62. The van der Waals surface area contributed by atoms with E-state index < -0.39 is 0 Å². The number of carbonyl (C=O) groups is 1. The number of carbonyl (C=O) groups excluding carboxylic acids is 1. The second-order valence-electron chi connectivity index (χ2n) is 7.67. The van der Waals surface area contributed by atoms with Gasteiger partial charge >= 0.3 is 0 Å². The number of anilines is 2. The number of ether oxygens (including phenoxy) is 1. The Labute approximate surface area is 167 Å². The van der Waals surface area contributed by atoms with Crippen molar-refractivity contribution in [2.75, 3.05) is 5.32 Å². The van der Waals surface area contributed by atoms with Gasteiger partial charge in [0.1, 0.15) is 11.4 Å². The third-order valence-electron chi connectivity index (χ3n) is 4.77. The average molecular weight is 383 g/mol. The van der Waals surface area contributed by atoms with Crippen molar-refractivity contribution in [1.82, 2.24) is 15.3 Å². The van der Waals surface area contributed by atoms with Gasteiger partial charge in [0, 0.05) is 11.7 Å². The molecule has 1 fully saturated rings. The fourth-order valence-electron chi connectivity index (χ4n) is 3.47. The third kappa shape index (κ3) is 5.68. The van der Waals surface area contributed by atoms with Gasteiger partial charge in [0.25, 0.3) is 5.91 Å². The molecule has 1 aliphatic rings. The second kappa shape index (κ2) is 9.53. The van der Waals surface area contributed by atoms with E-state index in [-0.39, 0.29) is 18.1 Å². The Morgan fingerprint density at radius 3 is 2.54 bits per heavy atom. The van der Waals surface area contributed by atoms with Gasteiger partial charge in [-0.2, -0.15) is 0 Å². The molecule has 0 spiro atoms. The summed E-state index contributed by atoms with van der Waals surface area (Å²) in [5.41, 5.74) is 1.91. The van der Waals surface area contributed by atoms with Gasteiger partial charge in [-0.1, -0.05) is 37.8 Å². The number of nitrogens with one attached hydrogen (secondary N) is 2. The molecule has 1 heterocycles. The number of hydrogen-bond donors (Lipinski definition) is 2. The van der Waals surface area contributed by atoms with Crippen molar-refractivity contribution in [2.24, 2.45) is 0 Å². The number of para-hydroxylation sites is 2. The highest BCUT2D eigenvalue weighted by Crippen LogP contribution is 2.27. The first-order valence-electron chi connectivity index (χ1n) is 10.2. The summed E-state index contributed by atoms with van der Waals surface area (Å²) in [5, 5.41) is 6.35. The quantitative estimate of drug-likeness (QED) is 0.704. The van der Waals surface area contributed by atoms with E-state index in [4.69, 9.17) is 4.74 Å². The van der Waals surface area contributed by atoms with E-state index in [9.17, 15) is 4.79 Å². The molecule has 0 radical (unpaired) electrons. The molecular formula is C22H30N4O2. The van der Waals surface area contributed by atoms with E-state index >= 15 is 0 Å². The number of benzene rings is 1. The zero-order valence-corrected chi connectivity index (χ0v) is 17.0. The van der Waals surface area contributed by atoms with Crippen LogP contribution in [0.4, 0.5) is 11.6 Å². The molecule has 0 atom stereocenters. The fraction of sp³-hybridized carbons (Fsp3) is 0.500. The maximum absolute atomic E-state index is 12.7. The largest absolute Gasteiger partial charge is 0.489 e. The van der Waals surface area contributed by atoms with Crippen molar-refractivity contribution >= 4 is 17.5 Å². The minimum Gasteiger partial charge on any atom is -0.489 e. The Kier molecular flexibility index (Phi) is 6.85. The Morgan fingerprint density at radius 2 is 1.82 bits per heavy atom. The van der Waals surface area contributed by atoms with Crippen LogP contribution in [0.2, 0.25) is 0 Å². The molecule has 1 aromatic heterocycles. The van der Waals surface area contributed by atoms with Crippen LogP contribution in [0, 0.1) is 6.92 Å². The van der Waals surface area contributed by atoms with Gasteiger partial charge in [0.05, 0.1) is 11.8 Å². The van der Waals surface area contributed by atoms with Crippen molar-refractivity contribution in [3.63, 3.8) is 0 Å². The van der Waals surface area contributed by atoms with Gasteiger partial charge in [-0.15, -0.1) is 0 Å². The highest BCUT2D eigenvalue weighted by atomic mass is 16.5. The Bertz CT molecular complexity index is 799. The van der Waals surface area contributed by atoms with Crippen LogP contribution in [-0.2, 0) is 0 Å². The summed E-state index contributed by atoms with van der Waals surface area (Å²) in [6.07, 6.45) is 7.00. The molecule has 1 aliphatic carbocycles. The lowest BCUT2D eigenvalue weighted by Crippen LogP contribution is -2.35. The lowest BCUT2D eigenvalue weighted by atomic mass is 10.1. The average Bonchev–Trinajstić information content (AvgIpc) is 2.91. The second-order valence-corrected chi connectivity index (χ2v) is 7.67. The minimum atomic E-state index is -0.132. The molecule has 2 N–H and O–H groups in total. The van der Waals surface area contributed by atoms with Crippen LogP contribution in [-0.4, -0.2) is 28.0 Å². The topological polar surface area (TPSA) is 76.1 Å². The molecule has 150 valence electrons. The predicted molar refractivity (Wildman–Crippen MR) is 111 cm³/mol. The number of rotatable bonds is 6. The van der Waals surface area contributed by atoms with Gasteiger partial charge in [-0.3, -0.25) is 4.79 Å². The van der Waals surface area contributed by atoms with E-state index in [1.165, 1.54) is 25.7 Å². The molecule has 1 saturated carbocycles. The molecule has 0 bridgehead atoms. The highest BCUT2D eigenvalue weighted by molar-refractivity contribution is 5.93. The van der Waals surface area contributed by atoms with Crippen LogP contribution in [0.1, 0.15) is 68.6 Å². The lowest BCUT2D eigenvalue weighted by Gasteiger charge is -2.17. The molecule has 6 nitrogen and oxygen atoms in total. The summed E-state index contributed by atoms with van der Waals surface area (Å²) >= 11 is 0. The molecule has 28 heavy (non-hydrogen) atoms. The van der Waals surface area contributed by atoms with Gasteiger partial charge in [-0.05, 0) is 51.8 Å². The number of nitrogens with zero attached hydrogens (tertiary/aromatic N) is 2. The van der Waals surface area contributed by atoms with E-state index in [1.807, 2.05) is 45.0 Å². The molecule has 3 rings (SSSR count). The first-order valence-corrected chi connectivity index (χ1v) is 10.2. The molecule has 0 unspecified atom stereocenters. The first kappa shape index (κ1) is 20.1. The van der Waals surface area contributed by atoms with Gasteiger partial charge < -0.3 is 15.4 Å². The van der Waals surface area contributed by atoms with Crippen LogP contribution in [0.15, 0.2) is 30.3 Å². The van der Waals surface area contributed by atoms with Crippen molar-refractivity contribution in [1.29, 1.82) is 0 Å². The van der Waals surface area contributed by atoms with Gasteiger partial charge in [0.15, 0.2) is 0 Å². The van der Waals surface area contributed by atoms with Crippen LogP contribution < -0.4 is 15.4 Å². The Morgan fingerprint density at radius 1 is 1.11 bits per heavy atom. The maximum Gasteiger partial charge on any atom is 0.270 e. The monoisotopic (exact) mass is 382 g/mol. The number of hydrogen-bond acceptors (Lipinski definition) is 5. The van der Waals surface area contributed by atoms with E-state index in [0.717, 1.165) is 30.0 Å². The zero-order chi connectivity index (χ0) is 19.9. The zero-order valence-electron chi connectivity index (χ0n) is 17.0. The number of amides is 1. The first-order chi connectivity index (χ1) is 13.5. The molecule has 0 aliphatic heterocycles. The molecule has 1 aromatic carbocycles. The summed E-state index contributed by atoms with van der Waals surface area (Å²) in [6.45, 7) is 5.83. The molecular weight excluding hydrogens is 352 g/mol. The van der Waals surface area contributed by atoms with Crippen molar-refractivity contribution in [3.8, 4) is 5.75 Å². The van der Waals surface area contributed by atoms with E-state index in [1.54, 1.807) is 6.07 Å². The Balaban J connectivity index is 1.75. The summed E-state index contributed by atoms with van der Waals surface area (Å²) in [7, 11) is 0. The molecule has 0 saturated heterocycles. The number of aromatic nitrogens is 2. The SMILES string of the molecule is Cc1cc(C(=O)NC2CCCCCC2)nc(Nc2ccccc2OC(C)C)n1. The van der Waals surface area contributed by atoms with Crippen molar-refractivity contribution in [3.05, 3.63) is 41.7 Å². The summed E-state index contributed by atoms with van der Waals surface area (Å²) in [4.78, 5) is 21.6. The van der Waals surface area contributed by atoms with E-state index in [0.29, 0.717) is 11.6 Å². The third-order valence-corrected chi connectivity index (χ3v) is 4.77. The van der Waals surface area contributed by atoms with Crippen LogP contribution in [0.3, 0.4) is 0 Å². The molecule has 6 heteroatoms. The normalized spacial score (nSPS) is 15.1. The van der Waals surface area contributed by atoms with Crippen LogP contribution >= 0.6 is 0 Å². The van der Waals surface area contributed by atoms with Crippen molar-refractivity contribution < 1.29 is 9.53 Å². The molecule has 2 aromatic rings. The number of aryl methyl sites for hydroxylation is 1.